The molecule has 0 heterocycles. The molecule has 0 aromatic heterocycles. The highest BCUT2D eigenvalue weighted by molar-refractivity contribution is 6.78. The summed E-state index contributed by atoms with van der Waals surface area (Å²) in [5, 5.41) is -1.19. The molecule has 2 heteroatoms. The van der Waals surface area contributed by atoms with E-state index in [0.29, 0.717) is 0 Å². The van der Waals surface area contributed by atoms with Crippen LogP contribution in [-0.2, 0) is 5.29 Å². The van der Waals surface area contributed by atoms with E-state index in [1.807, 2.05) is 42.5 Å². The van der Waals surface area contributed by atoms with Gasteiger partial charge in [0.2, 0.25) is 0 Å². The summed E-state index contributed by atoms with van der Waals surface area (Å²) < 4.78 is 14.9. The third kappa shape index (κ3) is 2.79. The lowest BCUT2D eigenvalue weighted by molar-refractivity contribution is 0.294. The molecule has 1 unspecified atom stereocenters. The Morgan fingerprint density at radius 2 is 1.26 bits per heavy atom. The maximum absolute atomic E-state index is 14.9. The van der Waals surface area contributed by atoms with Crippen molar-refractivity contribution < 1.29 is 4.39 Å². The van der Waals surface area contributed by atoms with Crippen LogP contribution >= 0.6 is 0 Å². The highest BCUT2D eigenvalue weighted by Crippen LogP contribution is 2.36. The molecule has 0 amide bonds. The van der Waals surface area contributed by atoms with Crippen LogP contribution in [0.5, 0.6) is 0 Å². The highest BCUT2D eigenvalue weighted by Gasteiger charge is 2.40. The first kappa shape index (κ1) is 14.0. The molecule has 2 rings (SSSR count). The van der Waals surface area contributed by atoms with E-state index in [1.54, 1.807) is 6.92 Å². The van der Waals surface area contributed by atoms with Crippen molar-refractivity contribution in [1.29, 1.82) is 0 Å². The van der Waals surface area contributed by atoms with Crippen LogP contribution in [0.25, 0.3) is 11.1 Å². The Balaban J connectivity index is 2.35. The molecular formula is C17H21FSi. The van der Waals surface area contributed by atoms with E-state index in [9.17, 15) is 4.39 Å². The summed E-state index contributed by atoms with van der Waals surface area (Å²) in [6.07, 6.45) is 0. The van der Waals surface area contributed by atoms with Crippen molar-refractivity contribution in [3.05, 3.63) is 60.2 Å². The van der Waals surface area contributed by atoms with Gasteiger partial charge in [0.1, 0.15) is 5.29 Å². The quantitative estimate of drug-likeness (QED) is 0.655. The Hall–Kier alpha value is -1.41. The molecule has 0 aliphatic carbocycles. The third-order valence-electron chi connectivity index (χ3n) is 3.94. The van der Waals surface area contributed by atoms with Crippen molar-refractivity contribution in [3.8, 4) is 11.1 Å². The molecule has 2 aromatic carbocycles. The standard InChI is InChI=1S/C17H21FSi/c1-17(18,19(2,3)4)16-12-10-15(11-13-16)14-8-6-5-7-9-14/h5-13H,1-4H3. The summed E-state index contributed by atoms with van der Waals surface area (Å²) in [5.74, 6) is 0. The molecule has 1 atom stereocenters. The number of alkyl halides is 1. The second-order valence-corrected chi connectivity index (χ2v) is 11.6. The Bertz CT molecular complexity index is 536. The Morgan fingerprint density at radius 1 is 0.789 bits per heavy atom. The van der Waals surface area contributed by atoms with Crippen molar-refractivity contribution in [2.45, 2.75) is 31.9 Å². The predicted molar refractivity (Wildman–Crippen MR) is 83.7 cm³/mol. The molecule has 0 aliphatic heterocycles. The first-order chi connectivity index (χ1) is 8.82. The van der Waals surface area contributed by atoms with E-state index < -0.39 is 13.4 Å². The number of halogens is 1. The van der Waals surface area contributed by atoms with Gasteiger partial charge in [-0.2, -0.15) is 0 Å². The van der Waals surface area contributed by atoms with E-state index in [1.165, 1.54) is 5.56 Å². The van der Waals surface area contributed by atoms with Gasteiger partial charge in [-0.25, -0.2) is 4.39 Å². The molecule has 0 saturated heterocycles. The maximum Gasteiger partial charge on any atom is 0.120 e. The van der Waals surface area contributed by atoms with Crippen molar-refractivity contribution in [3.63, 3.8) is 0 Å². The van der Waals surface area contributed by atoms with Gasteiger partial charge in [0.25, 0.3) is 0 Å². The molecule has 2 aromatic rings. The van der Waals surface area contributed by atoms with Crippen molar-refractivity contribution in [1.82, 2.24) is 0 Å². The fourth-order valence-corrected chi connectivity index (χ4v) is 3.07. The summed E-state index contributed by atoms with van der Waals surface area (Å²) in [5.41, 5.74) is 3.10. The smallest absolute Gasteiger partial charge is 0.120 e. The predicted octanol–water partition coefficient (Wildman–Crippen LogP) is 5.42. The van der Waals surface area contributed by atoms with Gasteiger partial charge >= 0.3 is 0 Å². The minimum Gasteiger partial charge on any atom is -0.243 e. The van der Waals surface area contributed by atoms with Crippen LogP contribution in [0, 0.1) is 0 Å². The molecule has 0 spiro atoms. The molecule has 100 valence electrons. The molecule has 0 saturated carbocycles. The van der Waals surface area contributed by atoms with E-state index in [-0.39, 0.29) is 0 Å². The van der Waals surface area contributed by atoms with Gasteiger partial charge in [-0.05, 0) is 23.6 Å². The number of rotatable bonds is 3. The van der Waals surface area contributed by atoms with E-state index in [0.717, 1.165) is 11.1 Å². The molecule has 0 fully saturated rings. The number of hydrogen-bond donors (Lipinski definition) is 0. The van der Waals surface area contributed by atoms with Gasteiger partial charge < -0.3 is 0 Å². The zero-order valence-corrected chi connectivity index (χ0v) is 13.1. The number of benzene rings is 2. The topological polar surface area (TPSA) is 0 Å². The van der Waals surface area contributed by atoms with Crippen molar-refractivity contribution >= 4 is 8.07 Å². The minimum absolute atomic E-state index is 0.798. The molecule has 0 aliphatic rings. The van der Waals surface area contributed by atoms with Gasteiger partial charge in [-0.1, -0.05) is 74.2 Å². The van der Waals surface area contributed by atoms with Gasteiger partial charge in [0.15, 0.2) is 0 Å². The Kier molecular flexibility index (Phi) is 3.63. The van der Waals surface area contributed by atoms with Crippen LogP contribution in [-0.4, -0.2) is 8.07 Å². The lowest BCUT2D eigenvalue weighted by Gasteiger charge is -2.33. The van der Waals surface area contributed by atoms with Crippen LogP contribution in [0.15, 0.2) is 54.6 Å². The summed E-state index contributed by atoms with van der Waals surface area (Å²) >= 11 is 0. The molecule has 0 N–H and O–H groups in total. The zero-order chi connectivity index (χ0) is 14.1. The maximum atomic E-state index is 14.9. The van der Waals surface area contributed by atoms with Gasteiger partial charge in [-0.15, -0.1) is 0 Å². The van der Waals surface area contributed by atoms with Crippen LogP contribution in [0.2, 0.25) is 19.6 Å². The lowest BCUT2D eigenvalue weighted by atomic mass is 10.0. The van der Waals surface area contributed by atoms with E-state index in [2.05, 4.69) is 31.8 Å². The molecular weight excluding hydrogens is 251 g/mol. The highest BCUT2D eigenvalue weighted by atomic mass is 28.3. The average Bonchev–Trinajstić information content (AvgIpc) is 2.39. The van der Waals surface area contributed by atoms with Gasteiger partial charge in [-0.3, -0.25) is 0 Å². The van der Waals surface area contributed by atoms with Crippen LogP contribution in [0.1, 0.15) is 12.5 Å². The molecule has 0 bridgehead atoms. The third-order valence-corrected chi connectivity index (χ3v) is 7.05. The fraction of sp³-hybridized carbons (Fsp3) is 0.294. The van der Waals surface area contributed by atoms with Crippen LogP contribution in [0.4, 0.5) is 4.39 Å². The van der Waals surface area contributed by atoms with Crippen molar-refractivity contribution in [2.75, 3.05) is 0 Å². The van der Waals surface area contributed by atoms with E-state index in [4.69, 9.17) is 0 Å². The molecule has 0 radical (unpaired) electrons. The molecule has 0 nitrogen and oxygen atoms in total. The largest absolute Gasteiger partial charge is 0.243 e. The minimum atomic E-state index is -1.89. The Labute approximate surface area is 116 Å². The van der Waals surface area contributed by atoms with Crippen LogP contribution < -0.4 is 0 Å². The first-order valence-corrected chi connectivity index (χ1v) is 10.2. The van der Waals surface area contributed by atoms with Crippen LogP contribution in [0.3, 0.4) is 0 Å². The lowest BCUT2D eigenvalue weighted by Crippen LogP contribution is -2.43. The van der Waals surface area contributed by atoms with Gasteiger partial charge in [0.05, 0.1) is 8.07 Å². The fourth-order valence-electron chi connectivity index (χ4n) is 2.04. The second kappa shape index (κ2) is 4.93. The molecule has 19 heavy (non-hydrogen) atoms. The summed E-state index contributed by atoms with van der Waals surface area (Å²) in [6, 6.07) is 18.1. The summed E-state index contributed by atoms with van der Waals surface area (Å²) in [7, 11) is -1.89. The summed E-state index contributed by atoms with van der Waals surface area (Å²) in [6.45, 7) is 7.92. The first-order valence-electron chi connectivity index (χ1n) is 6.67. The monoisotopic (exact) mass is 272 g/mol. The zero-order valence-electron chi connectivity index (χ0n) is 12.1. The van der Waals surface area contributed by atoms with Gasteiger partial charge in [0, 0.05) is 0 Å². The summed E-state index contributed by atoms with van der Waals surface area (Å²) in [4.78, 5) is 0. The van der Waals surface area contributed by atoms with Crippen molar-refractivity contribution in [2.24, 2.45) is 0 Å². The van der Waals surface area contributed by atoms with E-state index >= 15 is 0 Å². The SMILES string of the molecule is CC(F)(c1ccc(-c2ccccc2)cc1)[Si](C)(C)C. The average molecular weight is 272 g/mol. The Morgan fingerprint density at radius 3 is 1.74 bits per heavy atom. The normalized spacial score (nSPS) is 15.0. The second-order valence-electron chi connectivity index (χ2n) is 6.20. The number of hydrogen-bond acceptors (Lipinski definition) is 0.